The van der Waals surface area contributed by atoms with Crippen LogP contribution in [0, 0.1) is 5.82 Å². The van der Waals surface area contributed by atoms with E-state index in [1.807, 2.05) is 31.2 Å². The first kappa shape index (κ1) is 17.0. The highest BCUT2D eigenvalue weighted by molar-refractivity contribution is 5.93. The smallest absolute Gasteiger partial charge is 0.313 e. The van der Waals surface area contributed by atoms with Crippen molar-refractivity contribution in [1.82, 2.24) is 9.13 Å². The molecule has 3 rings (SSSR count). The lowest BCUT2D eigenvalue weighted by molar-refractivity contribution is -0.118. The third kappa shape index (κ3) is 3.20. The van der Waals surface area contributed by atoms with Crippen LogP contribution in [0.5, 0.6) is 0 Å². The minimum absolute atomic E-state index is 0.103. The summed E-state index contributed by atoms with van der Waals surface area (Å²) in [5.74, 6) is -0.441. The van der Waals surface area contributed by atoms with Gasteiger partial charge in [-0.3, -0.25) is 13.9 Å². The van der Waals surface area contributed by atoms with Crippen LogP contribution in [0.1, 0.15) is 13.3 Å². The molecule has 0 spiro atoms. The zero-order valence-corrected chi connectivity index (χ0v) is 14.3. The van der Waals surface area contributed by atoms with Crippen molar-refractivity contribution in [3.05, 3.63) is 64.8 Å². The van der Waals surface area contributed by atoms with E-state index < -0.39 is 0 Å². The zero-order chi connectivity index (χ0) is 18.0. The van der Waals surface area contributed by atoms with E-state index in [0.29, 0.717) is 18.8 Å². The second-order valence-electron chi connectivity index (χ2n) is 5.85. The number of aromatic nitrogens is 2. The summed E-state index contributed by atoms with van der Waals surface area (Å²) >= 11 is 0. The Hall–Kier alpha value is -2.89. The fourth-order valence-corrected chi connectivity index (χ4v) is 3.05. The largest absolute Gasteiger partial charge is 0.328 e. The van der Waals surface area contributed by atoms with Crippen LogP contribution in [0.2, 0.25) is 0 Å². The van der Waals surface area contributed by atoms with E-state index in [1.54, 1.807) is 33.2 Å². The number of amides is 1. The van der Waals surface area contributed by atoms with E-state index in [4.69, 9.17) is 0 Å². The fraction of sp³-hybridized carbons (Fsp3) is 0.263. The second kappa shape index (κ2) is 6.93. The maximum atomic E-state index is 13.1. The Morgan fingerprint density at radius 3 is 2.36 bits per heavy atom. The van der Waals surface area contributed by atoms with E-state index in [1.165, 1.54) is 12.1 Å². The molecule has 0 radical (unpaired) electrons. The second-order valence-corrected chi connectivity index (χ2v) is 5.85. The van der Waals surface area contributed by atoms with Crippen LogP contribution < -0.4 is 10.6 Å². The van der Waals surface area contributed by atoms with Gasteiger partial charge in [0.15, 0.2) is 0 Å². The van der Waals surface area contributed by atoms with E-state index in [-0.39, 0.29) is 23.8 Å². The highest BCUT2D eigenvalue weighted by Crippen LogP contribution is 2.17. The number of para-hydroxylation sites is 2. The molecule has 0 aliphatic heterocycles. The van der Waals surface area contributed by atoms with Gasteiger partial charge in [0.2, 0.25) is 5.91 Å². The van der Waals surface area contributed by atoms with E-state index >= 15 is 0 Å². The molecule has 6 heteroatoms. The van der Waals surface area contributed by atoms with Crippen LogP contribution in [0.4, 0.5) is 10.1 Å². The van der Waals surface area contributed by atoms with Crippen molar-refractivity contribution in [3.63, 3.8) is 0 Å². The van der Waals surface area contributed by atoms with Crippen LogP contribution in [-0.4, -0.2) is 21.6 Å². The monoisotopic (exact) mass is 341 g/mol. The van der Waals surface area contributed by atoms with E-state index in [0.717, 1.165) is 11.0 Å². The highest BCUT2D eigenvalue weighted by Gasteiger charge is 2.16. The first-order chi connectivity index (χ1) is 12.0. The van der Waals surface area contributed by atoms with Gasteiger partial charge in [0.05, 0.1) is 11.0 Å². The number of carbonyl (C=O) groups is 1. The molecule has 130 valence electrons. The van der Waals surface area contributed by atoms with Gasteiger partial charge in [0.1, 0.15) is 5.82 Å². The number of imidazole rings is 1. The Morgan fingerprint density at radius 1 is 1.08 bits per heavy atom. The molecule has 0 fully saturated rings. The van der Waals surface area contributed by atoms with E-state index in [9.17, 15) is 14.0 Å². The normalized spacial score (nSPS) is 11.0. The lowest BCUT2D eigenvalue weighted by atomic mass is 10.2. The summed E-state index contributed by atoms with van der Waals surface area (Å²) in [7, 11) is 1.72. The SMILES string of the molecule is CCN(C(=O)CCn1c(=O)n(C)c2ccccc21)c1ccc(F)cc1. The number of fused-ring (bicyclic) bond motifs is 1. The Kier molecular flexibility index (Phi) is 4.70. The molecule has 1 heterocycles. The van der Waals surface area contributed by atoms with Crippen molar-refractivity contribution >= 4 is 22.6 Å². The Bertz CT molecular complexity index is 957. The van der Waals surface area contributed by atoms with Gasteiger partial charge in [-0.2, -0.15) is 0 Å². The molecule has 0 bridgehead atoms. The summed E-state index contributed by atoms with van der Waals surface area (Å²) < 4.78 is 16.3. The molecule has 0 N–H and O–H groups in total. The number of aryl methyl sites for hydroxylation is 2. The molecule has 3 aromatic rings. The van der Waals surface area contributed by atoms with Crippen LogP contribution in [0.15, 0.2) is 53.3 Å². The minimum Gasteiger partial charge on any atom is -0.313 e. The van der Waals surface area contributed by atoms with Gasteiger partial charge in [-0.05, 0) is 43.3 Å². The average molecular weight is 341 g/mol. The molecular formula is C19H20FN3O2. The van der Waals surface area contributed by atoms with Crippen molar-refractivity contribution < 1.29 is 9.18 Å². The number of hydrogen-bond acceptors (Lipinski definition) is 2. The lowest BCUT2D eigenvalue weighted by Crippen LogP contribution is -2.32. The third-order valence-corrected chi connectivity index (χ3v) is 4.36. The topological polar surface area (TPSA) is 47.2 Å². The summed E-state index contributed by atoms with van der Waals surface area (Å²) in [5.41, 5.74) is 2.16. The molecular weight excluding hydrogens is 321 g/mol. The standard InChI is InChI=1S/C19H20FN3O2/c1-3-22(15-10-8-14(20)9-11-15)18(24)12-13-23-17-7-5-4-6-16(17)21(2)19(23)25/h4-11H,3,12-13H2,1-2H3. The van der Waals surface area contributed by atoms with Gasteiger partial charge < -0.3 is 4.90 Å². The minimum atomic E-state index is -0.338. The number of anilines is 1. The quantitative estimate of drug-likeness (QED) is 0.716. The summed E-state index contributed by atoms with van der Waals surface area (Å²) in [6, 6.07) is 13.3. The molecule has 0 aliphatic carbocycles. The molecule has 0 unspecified atom stereocenters. The predicted octanol–water partition coefficient (Wildman–Crippen LogP) is 2.92. The summed E-state index contributed by atoms with van der Waals surface area (Å²) in [5, 5.41) is 0. The summed E-state index contributed by atoms with van der Waals surface area (Å²) in [6.45, 7) is 2.65. The molecule has 0 atom stereocenters. The molecule has 0 saturated heterocycles. The van der Waals surface area contributed by atoms with Crippen LogP contribution >= 0.6 is 0 Å². The Labute approximate surface area is 144 Å². The van der Waals surface area contributed by atoms with Gasteiger partial charge in [-0.1, -0.05) is 12.1 Å². The van der Waals surface area contributed by atoms with Crippen LogP contribution in [0.3, 0.4) is 0 Å². The van der Waals surface area contributed by atoms with Crippen molar-refractivity contribution in [3.8, 4) is 0 Å². The van der Waals surface area contributed by atoms with Crippen LogP contribution in [0.25, 0.3) is 11.0 Å². The van der Waals surface area contributed by atoms with Crippen molar-refractivity contribution in [1.29, 1.82) is 0 Å². The Balaban J connectivity index is 1.81. The first-order valence-corrected chi connectivity index (χ1v) is 8.23. The van der Waals surface area contributed by atoms with Crippen molar-refractivity contribution in [2.75, 3.05) is 11.4 Å². The number of hydrogen-bond donors (Lipinski definition) is 0. The zero-order valence-electron chi connectivity index (χ0n) is 14.3. The number of rotatable bonds is 5. The first-order valence-electron chi connectivity index (χ1n) is 8.23. The number of halogens is 1. The number of benzene rings is 2. The lowest BCUT2D eigenvalue weighted by Gasteiger charge is -2.21. The molecule has 0 saturated carbocycles. The highest BCUT2D eigenvalue weighted by atomic mass is 19.1. The van der Waals surface area contributed by atoms with Gasteiger partial charge in [0.25, 0.3) is 0 Å². The molecule has 0 aliphatic rings. The number of carbonyl (C=O) groups excluding carboxylic acids is 1. The van der Waals surface area contributed by atoms with E-state index in [2.05, 4.69) is 0 Å². The molecule has 25 heavy (non-hydrogen) atoms. The van der Waals surface area contributed by atoms with Gasteiger partial charge >= 0.3 is 5.69 Å². The molecule has 5 nitrogen and oxygen atoms in total. The molecule has 1 amide bonds. The average Bonchev–Trinajstić information content (AvgIpc) is 2.87. The Morgan fingerprint density at radius 2 is 1.72 bits per heavy atom. The van der Waals surface area contributed by atoms with Gasteiger partial charge in [0, 0.05) is 32.2 Å². The fourth-order valence-electron chi connectivity index (χ4n) is 3.05. The van der Waals surface area contributed by atoms with Crippen molar-refractivity contribution in [2.24, 2.45) is 7.05 Å². The maximum Gasteiger partial charge on any atom is 0.328 e. The maximum absolute atomic E-state index is 13.1. The predicted molar refractivity (Wildman–Crippen MR) is 96.2 cm³/mol. The number of nitrogens with zero attached hydrogens (tertiary/aromatic N) is 3. The summed E-state index contributed by atoms with van der Waals surface area (Å²) in [6.07, 6.45) is 0.194. The molecule has 2 aromatic carbocycles. The van der Waals surface area contributed by atoms with Gasteiger partial charge in [-0.25, -0.2) is 9.18 Å². The van der Waals surface area contributed by atoms with Crippen LogP contribution in [-0.2, 0) is 18.4 Å². The molecule has 1 aromatic heterocycles. The summed E-state index contributed by atoms with van der Waals surface area (Å²) in [4.78, 5) is 26.6. The van der Waals surface area contributed by atoms with Crippen molar-refractivity contribution in [2.45, 2.75) is 19.9 Å². The third-order valence-electron chi connectivity index (χ3n) is 4.36. The van der Waals surface area contributed by atoms with Gasteiger partial charge in [-0.15, -0.1) is 0 Å².